The van der Waals surface area contributed by atoms with Crippen LogP contribution in [0, 0.1) is 15.9 Å². The fourth-order valence-corrected chi connectivity index (χ4v) is 2.50. The van der Waals surface area contributed by atoms with Gasteiger partial charge in [0, 0.05) is 38.7 Å². The van der Waals surface area contributed by atoms with E-state index in [4.69, 9.17) is 0 Å². The number of rotatable bonds is 5. The van der Waals surface area contributed by atoms with Crippen molar-refractivity contribution in [1.29, 1.82) is 0 Å². The maximum atomic E-state index is 13.7. The Bertz CT molecular complexity index is 557. The van der Waals surface area contributed by atoms with Crippen molar-refractivity contribution in [3.05, 3.63) is 39.7 Å². The van der Waals surface area contributed by atoms with Crippen LogP contribution in [-0.2, 0) is 11.2 Å². The molecule has 2 rings (SSSR count). The van der Waals surface area contributed by atoms with E-state index in [-0.39, 0.29) is 11.6 Å². The molecule has 0 unspecified atom stereocenters. The third-order valence-electron chi connectivity index (χ3n) is 3.94. The lowest BCUT2D eigenvalue weighted by atomic mass is 10.1. The monoisotopic (exact) mass is 309 g/mol. The summed E-state index contributed by atoms with van der Waals surface area (Å²) in [6.07, 6.45) is 1.32. The van der Waals surface area contributed by atoms with Crippen LogP contribution in [0.4, 0.5) is 10.1 Å². The Hall–Kier alpha value is -2.02. The molecule has 0 atom stereocenters. The van der Waals surface area contributed by atoms with Crippen LogP contribution in [0.1, 0.15) is 18.4 Å². The first-order chi connectivity index (χ1) is 10.5. The van der Waals surface area contributed by atoms with Gasteiger partial charge in [-0.15, -0.1) is 0 Å². The Morgan fingerprint density at radius 1 is 1.32 bits per heavy atom. The smallest absolute Gasteiger partial charge is 0.272 e. The molecule has 0 radical (unpaired) electrons. The van der Waals surface area contributed by atoms with Gasteiger partial charge in [-0.1, -0.05) is 0 Å². The largest absolute Gasteiger partial charge is 0.340 e. The number of likely N-dealkylation sites (N-methyl/N-ethyl adjacent to an activating group) is 1. The topological polar surface area (TPSA) is 66.7 Å². The van der Waals surface area contributed by atoms with Crippen molar-refractivity contribution in [2.45, 2.75) is 19.3 Å². The van der Waals surface area contributed by atoms with Gasteiger partial charge in [-0.2, -0.15) is 0 Å². The van der Waals surface area contributed by atoms with Crippen LogP contribution in [0.2, 0.25) is 0 Å². The van der Waals surface area contributed by atoms with Crippen LogP contribution >= 0.6 is 0 Å². The molecule has 0 N–H and O–H groups in total. The number of nitro groups is 1. The number of nitro benzene ring substituents is 1. The summed E-state index contributed by atoms with van der Waals surface area (Å²) in [5, 5.41) is 10.6. The van der Waals surface area contributed by atoms with Gasteiger partial charge in [-0.25, -0.2) is 4.39 Å². The zero-order chi connectivity index (χ0) is 16.1. The van der Waals surface area contributed by atoms with Gasteiger partial charge in [0.25, 0.3) is 5.69 Å². The molecule has 0 spiro atoms. The van der Waals surface area contributed by atoms with Gasteiger partial charge in [-0.3, -0.25) is 14.9 Å². The fraction of sp³-hybridized carbons (Fsp3) is 0.533. The first-order valence-corrected chi connectivity index (χ1v) is 7.36. The average Bonchev–Trinajstić information content (AvgIpc) is 2.49. The summed E-state index contributed by atoms with van der Waals surface area (Å²) in [6.45, 7) is 3.23. The third-order valence-corrected chi connectivity index (χ3v) is 3.94. The van der Waals surface area contributed by atoms with Crippen molar-refractivity contribution < 1.29 is 14.1 Å². The number of amides is 1. The molecule has 120 valence electrons. The van der Waals surface area contributed by atoms with Gasteiger partial charge < -0.3 is 9.80 Å². The van der Waals surface area contributed by atoms with Gasteiger partial charge in [-0.05, 0) is 31.5 Å². The quantitative estimate of drug-likeness (QED) is 0.615. The number of halogens is 1. The number of benzene rings is 1. The van der Waals surface area contributed by atoms with Crippen LogP contribution < -0.4 is 0 Å². The Morgan fingerprint density at radius 2 is 2.00 bits per heavy atom. The molecule has 1 amide bonds. The standard InChI is InChI=1S/C15H20FN3O3/c1-17-7-9-18(10-8-17)15(20)4-2-3-12-5-6-13(19(21)22)11-14(12)16/h5-6,11H,2-4,7-10H2,1H3. The molecule has 7 heteroatoms. The summed E-state index contributed by atoms with van der Waals surface area (Å²) >= 11 is 0. The van der Waals surface area contributed by atoms with Crippen LogP contribution in [0.5, 0.6) is 0 Å². The second-order valence-corrected chi connectivity index (χ2v) is 5.57. The molecule has 0 aliphatic carbocycles. The van der Waals surface area contributed by atoms with Gasteiger partial charge >= 0.3 is 0 Å². The summed E-state index contributed by atoms with van der Waals surface area (Å²) in [6, 6.07) is 3.64. The predicted octanol–water partition coefficient (Wildman–Crippen LogP) is 1.83. The molecule has 0 bridgehead atoms. The molecule has 1 aliphatic rings. The van der Waals surface area contributed by atoms with Crippen molar-refractivity contribution in [1.82, 2.24) is 9.80 Å². The Kier molecular flexibility index (Phi) is 5.43. The van der Waals surface area contributed by atoms with E-state index in [9.17, 15) is 19.3 Å². The molecule has 1 fully saturated rings. The minimum Gasteiger partial charge on any atom is -0.340 e. The number of piperazine rings is 1. The van der Waals surface area contributed by atoms with E-state index in [0.717, 1.165) is 32.2 Å². The first-order valence-electron chi connectivity index (χ1n) is 7.36. The SMILES string of the molecule is CN1CCN(C(=O)CCCc2ccc([N+](=O)[O-])cc2F)CC1. The highest BCUT2D eigenvalue weighted by atomic mass is 19.1. The number of hydrogen-bond donors (Lipinski definition) is 0. The Labute approximate surface area is 128 Å². The molecule has 1 heterocycles. The summed E-state index contributed by atoms with van der Waals surface area (Å²) < 4.78 is 13.7. The Morgan fingerprint density at radius 3 is 2.59 bits per heavy atom. The molecule has 1 aromatic rings. The molecule has 6 nitrogen and oxygen atoms in total. The van der Waals surface area contributed by atoms with E-state index in [1.807, 2.05) is 11.9 Å². The number of carbonyl (C=O) groups excluding carboxylic acids is 1. The number of nitrogens with zero attached hydrogens (tertiary/aromatic N) is 3. The molecular weight excluding hydrogens is 289 g/mol. The molecule has 22 heavy (non-hydrogen) atoms. The molecule has 1 saturated heterocycles. The highest BCUT2D eigenvalue weighted by molar-refractivity contribution is 5.76. The van der Waals surface area contributed by atoms with E-state index < -0.39 is 10.7 Å². The van der Waals surface area contributed by atoms with E-state index in [1.54, 1.807) is 0 Å². The summed E-state index contributed by atoms with van der Waals surface area (Å²) in [5.41, 5.74) is 0.159. The first kappa shape index (κ1) is 16.4. The molecule has 1 aromatic carbocycles. The lowest BCUT2D eigenvalue weighted by molar-refractivity contribution is -0.385. The van der Waals surface area contributed by atoms with Crippen molar-refractivity contribution in [3.63, 3.8) is 0 Å². The zero-order valence-corrected chi connectivity index (χ0v) is 12.6. The van der Waals surface area contributed by atoms with Crippen molar-refractivity contribution in [2.24, 2.45) is 0 Å². The third kappa shape index (κ3) is 4.24. The Balaban J connectivity index is 1.81. The van der Waals surface area contributed by atoms with Gasteiger partial charge in [0.2, 0.25) is 5.91 Å². The van der Waals surface area contributed by atoms with Crippen LogP contribution in [0.3, 0.4) is 0 Å². The zero-order valence-electron chi connectivity index (χ0n) is 12.6. The molecule has 1 aliphatic heterocycles. The molecule has 0 aromatic heterocycles. The fourth-order valence-electron chi connectivity index (χ4n) is 2.50. The highest BCUT2D eigenvalue weighted by Gasteiger charge is 2.18. The normalized spacial score (nSPS) is 15.8. The average molecular weight is 309 g/mol. The van der Waals surface area contributed by atoms with E-state index in [2.05, 4.69) is 4.90 Å². The van der Waals surface area contributed by atoms with Crippen molar-refractivity contribution >= 4 is 11.6 Å². The van der Waals surface area contributed by atoms with E-state index in [0.29, 0.717) is 24.8 Å². The number of hydrogen-bond acceptors (Lipinski definition) is 4. The minimum absolute atomic E-state index is 0.0930. The second kappa shape index (κ2) is 7.31. The maximum absolute atomic E-state index is 13.7. The molecule has 0 saturated carbocycles. The van der Waals surface area contributed by atoms with Gasteiger partial charge in [0.05, 0.1) is 11.0 Å². The summed E-state index contributed by atoms with van der Waals surface area (Å²) in [5.74, 6) is -0.489. The van der Waals surface area contributed by atoms with E-state index >= 15 is 0 Å². The highest BCUT2D eigenvalue weighted by Crippen LogP contribution is 2.18. The van der Waals surface area contributed by atoms with Crippen LogP contribution in [-0.4, -0.2) is 53.9 Å². The van der Waals surface area contributed by atoms with Gasteiger partial charge in [0.15, 0.2) is 0 Å². The maximum Gasteiger partial charge on any atom is 0.272 e. The van der Waals surface area contributed by atoms with Crippen molar-refractivity contribution in [3.8, 4) is 0 Å². The minimum atomic E-state index is -0.621. The number of non-ortho nitro benzene ring substituents is 1. The van der Waals surface area contributed by atoms with E-state index in [1.165, 1.54) is 12.1 Å². The molecular formula is C15H20FN3O3. The lowest BCUT2D eigenvalue weighted by Crippen LogP contribution is -2.47. The van der Waals surface area contributed by atoms with Crippen molar-refractivity contribution in [2.75, 3.05) is 33.2 Å². The number of aryl methyl sites for hydroxylation is 1. The van der Waals surface area contributed by atoms with Crippen LogP contribution in [0.25, 0.3) is 0 Å². The summed E-state index contributed by atoms with van der Waals surface area (Å²) in [7, 11) is 2.03. The van der Waals surface area contributed by atoms with Crippen LogP contribution in [0.15, 0.2) is 18.2 Å². The van der Waals surface area contributed by atoms with Gasteiger partial charge in [0.1, 0.15) is 5.82 Å². The number of carbonyl (C=O) groups is 1. The lowest BCUT2D eigenvalue weighted by Gasteiger charge is -2.32. The summed E-state index contributed by atoms with van der Waals surface area (Å²) in [4.78, 5) is 26.0. The predicted molar refractivity (Wildman–Crippen MR) is 80.1 cm³/mol. The second-order valence-electron chi connectivity index (χ2n) is 5.57.